The molecule has 0 aromatic heterocycles. The Morgan fingerprint density at radius 2 is 1.82 bits per heavy atom. The van der Waals surface area contributed by atoms with Crippen LogP contribution in [0, 0.1) is 11.3 Å². The summed E-state index contributed by atoms with van der Waals surface area (Å²) in [6, 6.07) is 0. The largest absolute Gasteiger partial charge is 0.0649 e. The number of hydrogen-bond donors (Lipinski definition) is 0. The van der Waals surface area contributed by atoms with Gasteiger partial charge in [0.1, 0.15) is 0 Å². The second kappa shape index (κ2) is 2.80. The lowest BCUT2D eigenvalue weighted by molar-refractivity contribution is 0.0734. The van der Waals surface area contributed by atoms with E-state index in [-0.39, 0.29) is 0 Å². The first-order valence-corrected chi connectivity index (χ1v) is 5.35. The van der Waals surface area contributed by atoms with Crippen molar-refractivity contribution in [2.24, 2.45) is 11.3 Å². The van der Waals surface area contributed by atoms with Crippen LogP contribution in [0.3, 0.4) is 0 Å². The Kier molecular flexibility index (Phi) is 1.95. The van der Waals surface area contributed by atoms with Crippen molar-refractivity contribution in [3.05, 3.63) is 0 Å². The molecule has 0 aliphatic heterocycles. The van der Waals surface area contributed by atoms with Crippen molar-refractivity contribution in [3.8, 4) is 0 Å². The minimum Gasteiger partial charge on any atom is -0.0649 e. The van der Waals surface area contributed by atoms with Crippen molar-refractivity contribution in [1.82, 2.24) is 0 Å². The maximum absolute atomic E-state index is 2.40. The normalized spacial score (nSPS) is 43.9. The van der Waals surface area contributed by atoms with Gasteiger partial charge < -0.3 is 0 Å². The second-order valence-electron chi connectivity index (χ2n) is 4.71. The topological polar surface area (TPSA) is 0 Å². The van der Waals surface area contributed by atoms with Crippen LogP contribution in [-0.2, 0) is 0 Å². The molecule has 64 valence electrons. The van der Waals surface area contributed by atoms with Crippen molar-refractivity contribution >= 4 is 0 Å². The number of hydrogen-bond acceptors (Lipinski definition) is 0. The summed E-state index contributed by atoms with van der Waals surface area (Å²) in [5, 5.41) is 0. The highest BCUT2D eigenvalue weighted by atomic mass is 14.4. The van der Waals surface area contributed by atoms with Gasteiger partial charge in [-0.2, -0.15) is 0 Å². The fourth-order valence-electron chi connectivity index (χ4n) is 3.32. The zero-order chi connectivity index (χ0) is 7.73. The summed E-state index contributed by atoms with van der Waals surface area (Å²) in [5.74, 6) is 1.12. The molecule has 2 aliphatic rings. The number of fused-ring (bicyclic) bond motifs is 2. The van der Waals surface area contributed by atoms with Gasteiger partial charge in [0.05, 0.1) is 0 Å². The molecule has 0 nitrogen and oxygen atoms in total. The Morgan fingerprint density at radius 3 is 2.27 bits per heavy atom. The molecule has 0 heterocycles. The van der Waals surface area contributed by atoms with Gasteiger partial charge in [-0.3, -0.25) is 0 Å². The zero-order valence-electron chi connectivity index (χ0n) is 7.73. The Balaban J connectivity index is 2.07. The summed E-state index contributed by atoms with van der Waals surface area (Å²) in [5.41, 5.74) is 0.821. The maximum atomic E-state index is 2.40. The van der Waals surface area contributed by atoms with E-state index in [0.717, 1.165) is 11.3 Å². The highest BCUT2D eigenvalue weighted by Crippen LogP contribution is 2.50. The standard InChI is InChI=1S/C11H20/c1-2-11-7-3-5-10(9-11)6-4-8-11/h10H,2-9H2,1H3. The van der Waals surface area contributed by atoms with Gasteiger partial charge in [-0.15, -0.1) is 0 Å². The van der Waals surface area contributed by atoms with Crippen LogP contribution in [0.2, 0.25) is 0 Å². The zero-order valence-corrected chi connectivity index (χ0v) is 7.73. The molecule has 0 unspecified atom stereocenters. The van der Waals surface area contributed by atoms with Gasteiger partial charge in [0.15, 0.2) is 0 Å². The molecule has 0 amide bonds. The molecule has 0 aromatic carbocycles. The first-order valence-electron chi connectivity index (χ1n) is 5.35. The molecule has 0 heteroatoms. The van der Waals surface area contributed by atoms with Crippen LogP contribution in [0.4, 0.5) is 0 Å². The van der Waals surface area contributed by atoms with E-state index in [4.69, 9.17) is 0 Å². The molecule has 11 heavy (non-hydrogen) atoms. The maximum Gasteiger partial charge on any atom is -0.0297 e. The van der Waals surface area contributed by atoms with E-state index in [1.807, 2.05) is 0 Å². The van der Waals surface area contributed by atoms with E-state index >= 15 is 0 Å². The molecule has 2 aliphatic carbocycles. The quantitative estimate of drug-likeness (QED) is 0.536. The molecule has 2 rings (SSSR count). The van der Waals surface area contributed by atoms with Crippen LogP contribution < -0.4 is 0 Å². The minimum atomic E-state index is 0.821. The van der Waals surface area contributed by atoms with Crippen LogP contribution in [0.5, 0.6) is 0 Å². The Bertz CT molecular complexity index is 127. The van der Waals surface area contributed by atoms with E-state index < -0.39 is 0 Å². The van der Waals surface area contributed by atoms with Gasteiger partial charge in [0, 0.05) is 0 Å². The molecule has 0 radical (unpaired) electrons. The summed E-state index contributed by atoms with van der Waals surface area (Å²) >= 11 is 0. The molecule has 2 fully saturated rings. The molecule has 0 saturated heterocycles. The van der Waals surface area contributed by atoms with E-state index in [2.05, 4.69) is 6.92 Å². The van der Waals surface area contributed by atoms with Gasteiger partial charge in [-0.25, -0.2) is 0 Å². The predicted octanol–water partition coefficient (Wildman–Crippen LogP) is 3.76. The Morgan fingerprint density at radius 1 is 1.18 bits per heavy atom. The third kappa shape index (κ3) is 1.32. The van der Waals surface area contributed by atoms with E-state index in [0.29, 0.717) is 0 Å². The van der Waals surface area contributed by atoms with Crippen LogP contribution in [0.1, 0.15) is 58.3 Å². The average molecular weight is 152 g/mol. The summed E-state index contributed by atoms with van der Waals surface area (Å²) in [7, 11) is 0. The average Bonchev–Trinajstić information content (AvgIpc) is 2.05. The molecule has 0 spiro atoms. The molecular formula is C11H20. The predicted molar refractivity (Wildman–Crippen MR) is 48.5 cm³/mol. The first-order chi connectivity index (χ1) is 5.35. The van der Waals surface area contributed by atoms with E-state index in [9.17, 15) is 0 Å². The van der Waals surface area contributed by atoms with Crippen molar-refractivity contribution in [3.63, 3.8) is 0 Å². The van der Waals surface area contributed by atoms with Crippen LogP contribution in [-0.4, -0.2) is 0 Å². The molecule has 0 N–H and O–H groups in total. The summed E-state index contributed by atoms with van der Waals surface area (Å²) in [6.07, 6.45) is 12.2. The smallest absolute Gasteiger partial charge is 0.0297 e. The van der Waals surface area contributed by atoms with Gasteiger partial charge in [0.25, 0.3) is 0 Å². The highest BCUT2D eigenvalue weighted by Gasteiger charge is 2.37. The summed E-state index contributed by atoms with van der Waals surface area (Å²) in [4.78, 5) is 0. The van der Waals surface area contributed by atoms with Gasteiger partial charge in [-0.05, 0) is 30.6 Å². The highest BCUT2D eigenvalue weighted by molar-refractivity contribution is 4.89. The Hall–Kier alpha value is 0. The lowest BCUT2D eigenvalue weighted by Crippen LogP contribution is -2.32. The van der Waals surface area contributed by atoms with Crippen LogP contribution in [0.25, 0.3) is 0 Å². The fourth-order valence-corrected chi connectivity index (χ4v) is 3.32. The Labute approximate surface area is 70.4 Å². The van der Waals surface area contributed by atoms with Crippen LogP contribution >= 0.6 is 0 Å². The molecule has 2 bridgehead atoms. The fraction of sp³-hybridized carbons (Fsp3) is 1.00. The van der Waals surface area contributed by atoms with E-state index in [1.54, 1.807) is 32.1 Å². The number of rotatable bonds is 1. The van der Waals surface area contributed by atoms with Crippen molar-refractivity contribution < 1.29 is 0 Å². The lowest BCUT2D eigenvalue weighted by atomic mass is 9.61. The lowest BCUT2D eigenvalue weighted by Gasteiger charge is -2.45. The van der Waals surface area contributed by atoms with Crippen molar-refractivity contribution in [1.29, 1.82) is 0 Å². The third-order valence-corrected chi connectivity index (χ3v) is 4.11. The van der Waals surface area contributed by atoms with Gasteiger partial charge in [0.2, 0.25) is 0 Å². The molecule has 0 aromatic rings. The minimum absolute atomic E-state index is 0.821. The van der Waals surface area contributed by atoms with Gasteiger partial charge >= 0.3 is 0 Å². The monoisotopic (exact) mass is 152 g/mol. The first kappa shape index (κ1) is 7.64. The summed E-state index contributed by atoms with van der Waals surface area (Å²) in [6.45, 7) is 2.40. The SMILES string of the molecule is CCC12CCCC(CCC1)C2. The van der Waals surface area contributed by atoms with Crippen molar-refractivity contribution in [2.45, 2.75) is 58.3 Å². The third-order valence-electron chi connectivity index (χ3n) is 4.11. The molecule has 0 atom stereocenters. The van der Waals surface area contributed by atoms with Gasteiger partial charge in [-0.1, -0.05) is 39.0 Å². The van der Waals surface area contributed by atoms with Crippen molar-refractivity contribution in [2.75, 3.05) is 0 Å². The summed E-state index contributed by atoms with van der Waals surface area (Å²) < 4.78 is 0. The van der Waals surface area contributed by atoms with E-state index in [1.165, 1.54) is 19.3 Å². The van der Waals surface area contributed by atoms with Crippen LogP contribution in [0.15, 0.2) is 0 Å². The molecule has 2 saturated carbocycles. The molecular weight excluding hydrogens is 132 g/mol. The second-order valence-corrected chi connectivity index (χ2v) is 4.71.